The van der Waals surface area contributed by atoms with Gasteiger partial charge in [-0.25, -0.2) is 12.8 Å². The van der Waals surface area contributed by atoms with Crippen LogP contribution in [0.4, 0.5) is 15.8 Å². The number of carbonyl (C=O) groups excluding carboxylic acids is 1. The van der Waals surface area contributed by atoms with E-state index in [-0.39, 0.29) is 22.4 Å². The molecule has 2 rings (SSSR count). The van der Waals surface area contributed by atoms with Gasteiger partial charge in [-0.1, -0.05) is 17.7 Å². The number of hydrogen-bond donors (Lipinski definition) is 2. The number of nitrogens with one attached hydrogen (secondary N) is 2. The largest absolute Gasteiger partial charge is 0.376 e. The van der Waals surface area contributed by atoms with Crippen LogP contribution in [0, 0.1) is 5.82 Å². The predicted octanol–water partition coefficient (Wildman–Crippen LogP) is 2.93. The molecule has 2 aromatic rings. The highest BCUT2D eigenvalue weighted by molar-refractivity contribution is 7.90. The minimum atomic E-state index is -3.34. The Hall–Kier alpha value is -2.12. The van der Waals surface area contributed by atoms with Gasteiger partial charge in [-0.3, -0.25) is 4.79 Å². The molecule has 2 aromatic carbocycles. The molecular formula is C15H14ClFN2O3S. The van der Waals surface area contributed by atoms with Crippen molar-refractivity contribution in [3.05, 3.63) is 53.3 Å². The second-order valence-electron chi connectivity index (χ2n) is 4.83. The molecule has 0 aliphatic heterocycles. The maximum Gasteiger partial charge on any atom is 0.243 e. The van der Waals surface area contributed by atoms with Crippen molar-refractivity contribution in [1.29, 1.82) is 0 Å². The topological polar surface area (TPSA) is 75.3 Å². The summed E-state index contributed by atoms with van der Waals surface area (Å²) < 4.78 is 36.0. The molecule has 8 heteroatoms. The van der Waals surface area contributed by atoms with Crippen molar-refractivity contribution < 1.29 is 17.6 Å². The van der Waals surface area contributed by atoms with Crippen molar-refractivity contribution in [2.24, 2.45) is 0 Å². The number of benzene rings is 2. The van der Waals surface area contributed by atoms with Gasteiger partial charge in [0.25, 0.3) is 0 Å². The van der Waals surface area contributed by atoms with Crippen LogP contribution in [0.2, 0.25) is 5.02 Å². The first-order valence-corrected chi connectivity index (χ1v) is 8.81. The van der Waals surface area contributed by atoms with E-state index >= 15 is 0 Å². The van der Waals surface area contributed by atoms with E-state index in [1.165, 1.54) is 30.3 Å². The highest BCUT2D eigenvalue weighted by Gasteiger charge is 2.09. The van der Waals surface area contributed by atoms with Crippen molar-refractivity contribution in [3.8, 4) is 0 Å². The average Bonchev–Trinajstić information content (AvgIpc) is 2.48. The molecule has 1 amide bonds. The summed E-state index contributed by atoms with van der Waals surface area (Å²) in [5.41, 5.74) is 0.869. The summed E-state index contributed by atoms with van der Waals surface area (Å²) in [6, 6.07) is 9.97. The molecule has 0 saturated carbocycles. The molecule has 0 bridgehead atoms. The summed E-state index contributed by atoms with van der Waals surface area (Å²) >= 11 is 5.65. The Morgan fingerprint density at radius 2 is 1.91 bits per heavy atom. The van der Waals surface area contributed by atoms with Crippen LogP contribution >= 0.6 is 11.6 Å². The summed E-state index contributed by atoms with van der Waals surface area (Å²) in [6.45, 7) is -0.0783. The van der Waals surface area contributed by atoms with Crippen LogP contribution in [0.1, 0.15) is 0 Å². The smallest absolute Gasteiger partial charge is 0.243 e. The molecule has 2 N–H and O–H groups in total. The van der Waals surface area contributed by atoms with Gasteiger partial charge in [-0.15, -0.1) is 0 Å². The van der Waals surface area contributed by atoms with Gasteiger partial charge in [0, 0.05) is 17.6 Å². The fourth-order valence-electron chi connectivity index (χ4n) is 1.80. The quantitative estimate of drug-likeness (QED) is 0.863. The summed E-state index contributed by atoms with van der Waals surface area (Å²) in [5.74, 6) is -0.921. The lowest BCUT2D eigenvalue weighted by Crippen LogP contribution is -2.21. The van der Waals surface area contributed by atoms with Crippen molar-refractivity contribution in [1.82, 2.24) is 0 Å². The summed E-state index contributed by atoms with van der Waals surface area (Å²) in [5, 5.41) is 5.33. The first-order valence-electron chi connectivity index (χ1n) is 6.54. The van der Waals surface area contributed by atoms with Gasteiger partial charge >= 0.3 is 0 Å². The second-order valence-corrected chi connectivity index (χ2v) is 7.25. The number of halogens is 2. The lowest BCUT2D eigenvalue weighted by atomic mass is 10.3. The van der Waals surface area contributed by atoms with Crippen LogP contribution in [0.15, 0.2) is 47.4 Å². The molecular weight excluding hydrogens is 343 g/mol. The molecule has 122 valence electrons. The molecule has 0 aromatic heterocycles. The number of carbonyl (C=O) groups is 1. The zero-order valence-electron chi connectivity index (χ0n) is 12.1. The predicted molar refractivity (Wildman–Crippen MR) is 88.1 cm³/mol. The third-order valence-corrected chi connectivity index (χ3v) is 4.32. The normalized spacial score (nSPS) is 11.1. The van der Waals surface area contributed by atoms with Gasteiger partial charge in [-0.05, 0) is 36.4 Å². The van der Waals surface area contributed by atoms with E-state index in [2.05, 4.69) is 10.6 Å². The molecule has 0 saturated heterocycles. The van der Waals surface area contributed by atoms with Crippen LogP contribution in [-0.2, 0) is 14.6 Å². The highest BCUT2D eigenvalue weighted by atomic mass is 35.5. The Labute approximate surface area is 138 Å². The first-order chi connectivity index (χ1) is 10.8. The van der Waals surface area contributed by atoms with Gasteiger partial charge < -0.3 is 10.6 Å². The highest BCUT2D eigenvalue weighted by Crippen LogP contribution is 2.19. The number of rotatable bonds is 5. The van der Waals surface area contributed by atoms with E-state index < -0.39 is 15.7 Å². The zero-order chi connectivity index (χ0) is 17.0. The van der Waals surface area contributed by atoms with Crippen molar-refractivity contribution in [3.63, 3.8) is 0 Å². The molecule has 0 heterocycles. The Balaban J connectivity index is 1.98. The van der Waals surface area contributed by atoms with Crippen molar-refractivity contribution in [2.45, 2.75) is 4.90 Å². The molecule has 0 unspecified atom stereocenters. The van der Waals surface area contributed by atoms with Crippen LogP contribution < -0.4 is 10.6 Å². The third kappa shape index (κ3) is 4.94. The number of hydrogen-bond acceptors (Lipinski definition) is 4. The average molecular weight is 357 g/mol. The van der Waals surface area contributed by atoms with Crippen LogP contribution in [-0.4, -0.2) is 27.1 Å². The Kier molecular flexibility index (Phi) is 5.23. The lowest BCUT2D eigenvalue weighted by Gasteiger charge is -2.09. The van der Waals surface area contributed by atoms with Gasteiger partial charge in [-0.2, -0.15) is 0 Å². The number of anilines is 2. The molecule has 0 radical (unpaired) electrons. The molecule has 0 aliphatic carbocycles. The summed E-state index contributed by atoms with van der Waals surface area (Å²) in [6.07, 6.45) is 1.09. The van der Waals surface area contributed by atoms with E-state index in [4.69, 9.17) is 11.6 Å². The van der Waals surface area contributed by atoms with E-state index in [9.17, 15) is 17.6 Å². The molecule has 0 atom stereocenters. The molecule has 5 nitrogen and oxygen atoms in total. The first kappa shape index (κ1) is 17.2. The Morgan fingerprint density at radius 3 is 2.57 bits per heavy atom. The fraction of sp³-hybridized carbons (Fsp3) is 0.133. The molecule has 0 spiro atoms. The van der Waals surface area contributed by atoms with E-state index in [0.717, 1.165) is 6.26 Å². The summed E-state index contributed by atoms with van der Waals surface area (Å²) in [4.78, 5) is 12.0. The standard InChI is InChI=1S/C15H14ClFN2O3S/c1-23(21,22)12-4-2-3-11(7-12)19-15(20)9-18-10-5-6-14(17)13(16)8-10/h2-8,18H,9H2,1H3,(H,19,20). The minimum Gasteiger partial charge on any atom is -0.376 e. The SMILES string of the molecule is CS(=O)(=O)c1cccc(NC(=O)CNc2ccc(F)c(Cl)c2)c1. The lowest BCUT2D eigenvalue weighted by molar-refractivity contribution is -0.114. The van der Waals surface area contributed by atoms with Gasteiger partial charge in [0.15, 0.2) is 9.84 Å². The van der Waals surface area contributed by atoms with Crippen molar-refractivity contribution in [2.75, 3.05) is 23.4 Å². The van der Waals surface area contributed by atoms with E-state index in [0.29, 0.717) is 11.4 Å². The van der Waals surface area contributed by atoms with Gasteiger partial charge in [0.05, 0.1) is 16.5 Å². The zero-order valence-corrected chi connectivity index (χ0v) is 13.7. The second kappa shape index (κ2) is 6.97. The molecule has 0 aliphatic rings. The third-order valence-electron chi connectivity index (χ3n) is 2.92. The maximum absolute atomic E-state index is 13.0. The van der Waals surface area contributed by atoms with Crippen molar-refractivity contribution >= 4 is 38.7 Å². The summed E-state index contributed by atoms with van der Waals surface area (Å²) in [7, 11) is -3.34. The van der Waals surface area contributed by atoms with Gasteiger partial charge in [0.2, 0.25) is 5.91 Å². The van der Waals surface area contributed by atoms with Crippen LogP contribution in [0.25, 0.3) is 0 Å². The Bertz CT molecular complexity index is 840. The maximum atomic E-state index is 13.0. The van der Waals surface area contributed by atoms with Gasteiger partial charge in [0.1, 0.15) is 5.82 Å². The van der Waals surface area contributed by atoms with Crippen LogP contribution in [0.5, 0.6) is 0 Å². The molecule has 23 heavy (non-hydrogen) atoms. The molecule has 0 fully saturated rings. The van der Waals surface area contributed by atoms with Crippen LogP contribution in [0.3, 0.4) is 0 Å². The van der Waals surface area contributed by atoms with E-state index in [1.54, 1.807) is 12.1 Å². The monoisotopic (exact) mass is 356 g/mol. The van der Waals surface area contributed by atoms with E-state index in [1.807, 2.05) is 0 Å². The fourth-order valence-corrected chi connectivity index (χ4v) is 2.65. The minimum absolute atomic E-state index is 0.0451. The number of amides is 1. The number of sulfone groups is 1. The Morgan fingerprint density at radius 1 is 1.17 bits per heavy atom.